The van der Waals surface area contributed by atoms with Gasteiger partial charge in [-0.25, -0.2) is 13.2 Å². The lowest BCUT2D eigenvalue weighted by Gasteiger charge is -2.41. The summed E-state index contributed by atoms with van der Waals surface area (Å²) in [5, 5.41) is 9.73. The molecular formula is C23H19F3N6O. The maximum absolute atomic E-state index is 14.1. The summed E-state index contributed by atoms with van der Waals surface area (Å²) in [7, 11) is 1.54. The number of pyridine rings is 2. The first-order valence-electron chi connectivity index (χ1n) is 10.2. The van der Waals surface area contributed by atoms with Gasteiger partial charge < -0.3 is 14.3 Å². The van der Waals surface area contributed by atoms with Crippen LogP contribution in [0.4, 0.5) is 24.7 Å². The van der Waals surface area contributed by atoms with Crippen LogP contribution >= 0.6 is 0 Å². The number of benzene rings is 1. The van der Waals surface area contributed by atoms with Gasteiger partial charge in [-0.1, -0.05) is 6.57 Å². The van der Waals surface area contributed by atoms with Crippen molar-refractivity contribution in [3.8, 4) is 6.07 Å². The lowest BCUT2D eigenvalue weighted by Crippen LogP contribution is -2.52. The van der Waals surface area contributed by atoms with E-state index in [2.05, 4.69) is 9.83 Å². The number of hydrogen-bond donors (Lipinski definition) is 0. The molecule has 168 valence electrons. The predicted molar refractivity (Wildman–Crippen MR) is 116 cm³/mol. The van der Waals surface area contributed by atoms with E-state index in [1.807, 2.05) is 22.8 Å². The van der Waals surface area contributed by atoms with Crippen molar-refractivity contribution in [2.45, 2.75) is 19.5 Å². The van der Waals surface area contributed by atoms with Crippen molar-refractivity contribution in [3.63, 3.8) is 0 Å². The second-order valence-corrected chi connectivity index (χ2v) is 7.96. The van der Waals surface area contributed by atoms with Gasteiger partial charge in [-0.3, -0.25) is 9.69 Å². The molecule has 0 amide bonds. The topological polar surface area (TPSA) is 69.5 Å². The van der Waals surface area contributed by atoms with Crippen LogP contribution in [0.5, 0.6) is 0 Å². The van der Waals surface area contributed by atoms with Crippen molar-refractivity contribution in [3.05, 3.63) is 74.6 Å². The summed E-state index contributed by atoms with van der Waals surface area (Å²) < 4.78 is 42.8. The van der Waals surface area contributed by atoms with E-state index < -0.39 is 23.0 Å². The molecular weight excluding hydrogens is 433 g/mol. The Morgan fingerprint density at radius 1 is 1.24 bits per heavy atom. The highest BCUT2D eigenvalue weighted by atomic mass is 19.1. The number of rotatable bonds is 3. The molecule has 10 heteroatoms. The standard InChI is InChI=1S/C23H19F3N6O/c1-13-11-32(7-6-31(13)12-16-17(25)8-14(24)9-18(16)26)22-15(10-27)23(33)30(3)19-4-5-20(28-2)29-21(19)22/h4-5,8-9,13H,6-7,11-12H2,1,3H3/t13-/m1/s1. The first-order chi connectivity index (χ1) is 15.7. The fourth-order valence-electron chi connectivity index (χ4n) is 4.21. The normalized spacial score (nSPS) is 16.6. The van der Waals surface area contributed by atoms with Crippen LogP contribution in [0.1, 0.15) is 18.1 Å². The minimum Gasteiger partial charge on any atom is -0.364 e. The monoisotopic (exact) mass is 452 g/mol. The number of aryl methyl sites for hydroxylation is 1. The quantitative estimate of drug-likeness (QED) is 0.569. The zero-order valence-electron chi connectivity index (χ0n) is 17.9. The van der Waals surface area contributed by atoms with Crippen LogP contribution < -0.4 is 10.5 Å². The number of nitriles is 1. The van der Waals surface area contributed by atoms with Crippen LogP contribution in [0.2, 0.25) is 0 Å². The van der Waals surface area contributed by atoms with Crippen molar-refractivity contribution in [1.29, 1.82) is 5.26 Å². The minimum absolute atomic E-state index is 0.0461. The molecule has 1 aromatic carbocycles. The molecule has 0 N–H and O–H groups in total. The van der Waals surface area contributed by atoms with Crippen LogP contribution in [0, 0.1) is 35.4 Å². The lowest BCUT2D eigenvalue weighted by atomic mass is 10.1. The van der Waals surface area contributed by atoms with Crippen LogP contribution in [0.15, 0.2) is 29.1 Å². The molecule has 0 bridgehead atoms. The molecule has 3 heterocycles. The molecule has 33 heavy (non-hydrogen) atoms. The van der Waals surface area contributed by atoms with Gasteiger partial charge in [-0.05, 0) is 19.1 Å². The van der Waals surface area contributed by atoms with Gasteiger partial charge in [0.15, 0.2) is 0 Å². The highest BCUT2D eigenvalue weighted by molar-refractivity contribution is 5.92. The van der Waals surface area contributed by atoms with Crippen molar-refractivity contribution in [2.24, 2.45) is 7.05 Å². The van der Waals surface area contributed by atoms with E-state index in [1.165, 1.54) is 10.6 Å². The van der Waals surface area contributed by atoms with Gasteiger partial charge in [0.1, 0.15) is 34.8 Å². The van der Waals surface area contributed by atoms with Gasteiger partial charge in [0, 0.05) is 57.0 Å². The number of fused-ring (bicyclic) bond motifs is 1. The smallest absolute Gasteiger partial charge is 0.271 e. The third kappa shape index (κ3) is 3.90. The largest absolute Gasteiger partial charge is 0.364 e. The molecule has 1 atom stereocenters. The summed E-state index contributed by atoms with van der Waals surface area (Å²) in [5.74, 6) is -2.72. The summed E-state index contributed by atoms with van der Waals surface area (Å²) >= 11 is 0. The van der Waals surface area contributed by atoms with E-state index in [-0.39, 0.29) is 29.5 Å². The summed E-state index contributed by atoms with van der Waals surface area (Å²) in [6, 6.07) is 6.22. The van der Waals surface area contributed by atoms with Gasteiger partial charge in [-0.15, -0.1) is 4.98 Å². The molecule has 0 saturated carbocycles. The molecule has 1 saturated heterocycles. The molecule has 3 aromatic rings. The Morgan fingerprint density at radius 2 is 1.94 bits per heavy atom. The molecule has 7 nitrogen and oxygen atoms in total. The Bertz CT molecular complexity index is 1380. The van der Waals surface area contributed by atoms with Crippen molar-refractivity contribution in [1.82, 2.24) is 14.5 Å². The summed E-state index contributed by atoms with van der Waals surface area (Å²) in [6.07, 6.45) is 0. The number of piperazine rings is 1. The highest BCUT2D eigenvalue weighted by Gasteiger charge is 2.31. The molecule has 1 fully saturated rings. The average Bonchev–Trinajstić information content (AvgIpc) is 2.78. The maximum Gasteiger partial charge on any atom is 0.271 e. The Labute approximate surface area is 187 Å². The zero-order chi connectivity index (χ0) is 23.9. The van der Waals surface area contributed by atoms with Crippen molar-refractivity contribution >= 4 is 22.5 Å². The number of hydrogen-bond acceptors (Lipinski definition) is 5. The number of aromatic nitrogens is 2. The Morgan fingerprint density at radius 3 is 2.55 bits per heavy atom. The van der Waals surface area contributed by atoms with Crippen LogP contribution in [-0.2, 0) is 13.6 Å². The van der Waals surface area contributed by atoms with E-state index >= 15 is 0 Å². The van der Waals surface area contributed by atoms with Gasteiger partial charge in [0.25, 0.3) is 11.4 Å². The SMILES string of the molecule is [C-]#[N+]c1ccc2c(n1)c(N1CCN(Cc3c(F)cc(F)cc3F)[C@H](C)C1)c(C#N)c(=O)n2C. The number of nitrogens with zero attached hydrogens (tertiary/aromatic N) is 6. The van der Waals surface area contributed by atoms with E-state index in [4.69, 9.17) is 6.57 Å². The van der Waals surface area contributed by atoms with E-state index in [0.717, 1.165) is 0 Å². The Balaban J connectivity index is 1.71. The molecule has 0 aliphatic carbocycles. The summed E-state index contributed by atoms with van der Waals surface area (Å²) in [6.45, 7) is 10.2. The molecule has 0 radical (unpaired) electrons. The number of anilines is 1. The van der Waals surface area contributed by atoms with E-state index in [9.17, 15) is 23.2 Å². The Hall–Kier alpha value is -3.89. The maximum atomic E-state index is 14.1. The van der Waals surface area contributed by atoms with Crippen LogP contribution in [0.3, 0.4) is 0 Å². The number of halogens is 3. The average molecular weight is 452 g/mol. The van der Waals surface area contributed by atoms with Crippen LogP contribution in [0.25, 0.3) is 15.9 Å². The van der Waals surface area contributed by atoms with Gasteiger partial charge in [-0.2, -0.15) is 5.26 Å². The Kier molecular flexibility index (Phi) is 5.79. The third-order valence-electron chi connectivity index (χ3n) is 5.97. The summed E-state index contributed by atoms with van der Waals surface area (Å²) in [4.78, 5) is 24.2. The predicted octanol–water partition coefficient (Wildman–Crippen LogP) is 3.48. The van der Waals surface area contributed by atoms with E-state index in [1.54, 1.807) is 13.1 Å². The zero-order valence-corrected chi connectivity index (χ0v) is 17.9. The van der Waals surface area contributed by atoms with Crippen molar-refractivity contribution < 1.29 is 13.2 Å². The molecule has 0 spiro atoms. The fraction of sp³-hybridized carbons (Fsp3) is 0.304. The summed E-state index contributed by atoms with van der Waals surface area (Å²) in [5.41, 5.74) is 0.465. The molecule has 4 rings (SSSR count). The van der Waals surface area contributed by atoms with Gasteiger partial charge >= 0.3 is 0 Å². The van der Waals surface area contributed by atoms with Gasteiger partial charge in [0.05, 0.1) is 5.52 Å². The first-order valence-corrected chi connectivity index (χ1v) is 10.2. The second-order valence-electron chi connectivity index (χ2n) is 7.96. The highest BCUT2D eigenvalue weighted by Crippen LogP contribution is 2.31. The lowest BCUT2D eigenvalue weighted by molar-refractivity contribution is 0.176. The molecule has 2 aromatic heterocycles. The second kappa shape index (κ2) is 8.57. The molecule has 1 aliphatic rings. The third-order valence-corrected chi connectivity index (χ3v) is 5.97. The fourth-order valence-corrected chi connectivity index (χ4v) is 4.21. The minimum atomic E-state index is -0.973. The van der Waals surface area contributed by atoms with E-state index in [0.29, 0.717) is 48.5 Å². The van der Waals surface area contributed by atoms with Crippen LogP contribution in [-0.4, -0.2) is 40.1 Å². The first kappa shape index (κ1) is 22.3. The molecule has 1 aliphatic heterocycles. The molecule has 0 unspecified atom stereocenters. The van der Waals surface area contributed by atoms with Gasteiger partial charge in [0.2, 0.25) is 5.52 Å². The van der Waals surface area contributed by atoms with Crippen molar-refractivity contribution in [2.75, 3.05) is 24.5 Å².